The fourth-order valence-electron chi connectivity index (χ4n) is 3.90. The third-order valence-electron chi connectivity index (χ3n) is 5.70. The zero-order chi connectivity index (χ0) is 23.7. The van der Waals surface area contributed by atoms with E-state index >= 15 is 0 Å². The van der Waals surface area contributed by atoms with E-state index in [9.17, 15) is 4.79 Å². The topological polar surface area (TPSA) is 80.5 Å². The Bertz CT molecular complexity index is 1330. The molecule has 0 aliphatic carbocycles. The number of nitrogens with one attached hydrogen (secondary N) is 1. The van der Waals surface area contributed by atoms with Crippen LogP contribution in [0, 0.1) is 0 Å². The predicted octanol–water partition coefficient (Wildman–Crippen LogP) is 6.16. The number of methoxy groups -OCH3 is 1. The van der Waals surface area contributed by atoms with E-state index in [-0.39, 0.29) is 6.03 Å². The van der Waals surface area contributed by atoms with Gasteiger partial charge in [-0.3, -0.25) is 4.90 Å². The van der Waals surface area contributed by atoms with Gasteiger partial charge in [-0.25, -0.2) is 4.79 Å². The molecule has 34 heavy (non-hydrogen) atoms. The molecule has 172 valence electrons. The number of carbonyl (C=O) groups excluding carboxylic acids is 1. The Hall–Kier alpha value is -3.62. The van der Waals surface area contributed by atoms with Crippen LogP contribution in [0.2, 0.25) is 5.02 Å². The molecule has 1 aliphatic heterocycles. The molecule has 2 aromatic heterocycles. The van der Waals surface area contributed by atoms with Crippen molar-refractivity contribution in [1.29, 1.82) is 0 Å². The summed E-state index contributed by atoms with van der Waals surface area (Å²) in [6.07, 6.45) is 0. The van der Waals surface area contributed by atoms with Crippen LogP contribution in [0.25, 0.3) is 17.0 Å². The standard InChI is InChI=1S/C25H21ClN4O3S/c1-15-21(24-28-23(29-33-24)17-5-9-18(26)10-6-17)22(16-7-11-19(32-2)12-8-16)27-25(31)30(15)14-20-4-3-13-34-20/h3-13,22H,14H2,1-2H3,(H,27,31). The molecule has 4 aromatic rings. The highest BCUT2D eigenvalue weighted by Gasteiger charge is 2.36. The molecule has 2 aromatic carbocycles. The lowest BCUT2D eigenvalue weighted by atomic mass is 9.94. The van der Waals surface area contributed by atoms with Crippen molar-refractivity contribution in [3.05, 3.63) is 93.1 Å². The Labute approximate surface area is 205 Å². The van der Waals surface area contributed by atoms with Gasteiger partial charge in [0.2, 0.25) is 5.82 Å². The lowest BCUT2D eigenvalue weighted by Gasteiger charge is -2.35. The van der Waals surface area contributed by atoms with E-state index in [1.807, 2.05) is 60.8 Å². The first kappa shape index (κ1) is 22.2. The minimum atomic E-state index is -0.462. The number of amides is 2. The number of rotatable bonds is 6. The van der Waals surface area contributed by atoms with E-state index in [0.717, 1.165) is 33.0 Å². The Morgan fingerprint density at radius 3 is 2.59 bits per heavy atom. The third kappa shape index (κ3) is 4.30. The predicted molar refractivity (Wildman–Crippen MR) is 131 cm³/mol. The molecule has 1 aliphatic rings. The van der Waals surface area contributed by atoms with Gasteiger partial charge in [-0.1, -0.05) is 35.0 Å². The maximum absolute atomic E-state index is 13.2. The summed E-state index contributed by atoms with van der Waals surface area (Å²) in [6, 6.07) is 18.1. The van der Waals surface area contributed by atoms with Gasteiger partial charge in [0, 0.05) is 21.2 Å². The molecule has 3 heterocycles. The molecule has 0 spiro atoms. The molecule has 7 nitrogen and oxygen atoms in total. The summed E-state index contributed by atoms with van der Waals surface area (Å²) >= 11 is 7.62. The average Bonchev–Trinajstić information content (AvgIpc) is 3.54. The van der Waals surface area contributed by atoms with E-state index in [2.05, 4.69) is 15.5 Å². The number of aromatic nitrogens is 2. The van der Waals surface area contributed by atoms with Crippen molar-refractivity contribution in [3.63, 3.8) is 0 Å². The summed E-state index contributed by atoms with van der Waals surface area (Å²) < 4.78 is 11.0. The minimum absolute atomic E-state index is 0.187. The molecule has 9 heteroatoms. The molecule has 0 bridgehead atoms. The van der Waals surface area contributed by atoms with Crippen LogP contribution >= 0.6 is 22.9 Å². The fraction of sp³-hybridized carbons (Fsp3) is 0.160. The van der Waals surface area contributed by atoms with Crippen LogP contribution in [-0.2, 0) is 6.54 Å². The smallest absolute Gasteiger partial charge is 0.322 e. The SMILES string of the molecule is COc1ccc(C2NC(=O)N(Cc3cccs3)C(C)=C2c2nc(-c3ccc(Cl)cc3)no2)cc1. The van der Waals surface area contributed by atoms with Crippen molar-refractivity contribution in [3.8, 4) is 17.1 Å². The minimum Gasteiger partial charge on any atom is -0.497 e. The fourth-order valence-corrected chi connectivity index (χ4v) is 4.72. The summed E-state index contributed by atoms with van der Waals surface area (Å²) in [5, 5.41) is 9.93. The van der Waals surface area contributed by atoms with Crippen LogP contribution in [0.3, 0.4) is 0 Å². The van der Waals surface area contributed by atoms with Crippen LogP contribution in [0.4, 0.5) is 4.79 Å². The average molecular weight is 493 g/mol. The first-order valence-corrected chi connectivity index (χ1v) is 11.8. The summed E-state index contributed by atoms with van der Waals surface area (Å²) in [7, 11) is 1.62. The highest BCUT2D eigenvalue weighted by atomic mass is 35.5. The number of halogens is 1. The Morgan fingerprint density at radius 2 is 1.91 bits per heavy atom. The van der Waals surface area contributed by atoms with Crippen molar-refractivity contribution in [1.82, 2.24) is 20.4 Å². The second kappa shape index (κ2) is 9.32. The number of benzene rings is 2. The van der Waals surface area contributed by atoms with Crippen LogP contribution in [-0.4, -0.2) is 28.2 Å². The van der Waals surface area contributed by atoms with E-state index in [1.165, 1.54) is 0 Å². The van der Waals surface area contributed by atoms with Crippen molar-refractivity contribution < 1.29 is 14.1 Å². The molecule has 0 saturated heterocycles. The Balaban J connectivity index is 1.58. The van der Waals surface area contributed by atoms with Gasteiger partial charge in [0.05, 0.1) is 25.3 Å². The van der Waals surface area contributed by atoms with Crippen LogP contribution < -0.4 is 10.1 Å². The van der Waals surface area contributed by atoms with E-state index < -0.39 is 6.04 Å². The maximum atomic E-state index is 13.2. The van der Waals surface area contributed by atoms with Crippen LogP contribution in [0.15, 0.2) is 76.3 Å². The summed E-state index contributed by atoms with van der Waals surface area (Å²) in [5.41, 5.74) is 3.16. The number of ether oxygens (including phenoxy) is 1. The van der Waals surface area contributed by atoms with Crippen LogP contribution in [0.5, 0.6) is 5.75 Å². The molecule has 1 unspecified atom stereocenters. The summed E-state index contributed by atoms with van der Waals surface area (Å²) in [4.78, 5) is 20.6. The van der Waals surface area contributed by atoms with E-state index in [0.29, 0.717) is 23.3 Å². The summed E-state index contributed by atoms with van der Waals surface area (Å²) in [6.45, 7) is 2.36. The second-order valence-electron chi connectivity index (χ2n) is 7.75. The molecular formula is C25H21ClN4O3S. The van der Waals surface area contributed by atoms with Gasteiger partial charge >= 0.3 is 6.03 Å². The molecule has 5 rings (SSSR count). The maximum Gasteiger partial charge on any atom is 0.322 e. The highest BCUT2D eigenvalue weighted by molar-refractivity contribution is 7.09. The van der Waals surface area contributed by atoms with E-state index in [4.69, 9.17) is 20.9 Å². The molecule has 2 amide bonds. The number of allylic oxidation sites excluding steroid dienone is 1. The number of hydrogen-bond acceptors (Lipinski definition) is 6. The van der Waals surface area contributed by atoms with Gasteiger partial charge < -0.3 is 14.6 Å². The lowest BCUT2D eigenvalue weighted by Crippen LogP contribution is -2.45. The number of nitrogens with zero attached hydrogens (tertiary/aromatic N) is 3. The Kier molecular flexibility index (Phi) is 6.08. The molecule has 0 saturated carbocycles. The van der Waals surface area contributed by atoms with E-state index in [1.54, 1.807) is 35.5 Å². The van der Waals surface area contributed by atoms with Crippen molar-refractivity contribution >= 4 is 34.5 Å². The number of hydrogen-bond donors (Lipinski definition) is 1. The third-order valence-corrected chi connectivity index (χ3v) is 6.81. The lowest BCUT2D eigenvalue weighted by molar-refractivity contribution is 0.203. The van der Waals surface area contributed by atoms with Gasteiger partial charge in [-0.05, 0) is 60.3 Å². The molecule has 1 N–H and O–H groups in total. The monoisotopic (exact) mass is 492 g/mol. The van der Waals surface area contributed by atoms with Gasteiger partial charge in [0.15, 0.2) is 0 Å². The zero-order valence-electron chi connectivity index (χ0n) is 18.5. The highest BCUT2D eigenvalue weighted by Crippen LogP contribution is 2.38. The number of urea groups is 1. The zero-order valence-corrected chi connectivity index (χ0v) is 20.1. The number of thiophene rings is 1. The first-order chi connectivity index (χ1) is 16.5. The largest absolute Gasteiger partial charge is 0.497 e. The van der Waals surface area contributed by atoms with Crippen molar-refractivity contribution in [2.24, 2.45) is 0 Å². The van der Waals surface area contributed by atoms with Gasteiger partial charge in [0.1, 0.15) is 5.75 Å². The molecule has 0 radical (unpaired) electrons. The van der Waals surface area contributed by atoms with Crippen molar-refractivity contribution in [2.75, 3.05) is 7.11 Å². The molecule has 1 atom stereocenters. The van der Waals surface area contributed by atoms with Gasteiger partial charge in [-0.15, -0.1) is 11.3 Å². The van der Waals surface area contributed by atoms with Crippen LogP contribution in [0.1, 0.15) is 29.3 Å². The molecule has 0 fully saturated rings. The normalized spacial score (nSPS) is 16.0. The van der Waals surface area contributed by atoms with Gasteiger partial charge in [-0.2, -0.15) is 4.98 Å². The second-order valence-corrected chi connectivity index (χ2v) is 9.22. The van der Waals surface area contributed by atoms with Crippen molar-refractivity contribution in [2.45, 2.75) is 19.5 Å². The first-order valence-electron chi connectivity index (χ1n) is 10.6. The Morgan fingerprint density at radius 1 is 1.15 bits per heavy atom. The van der Waals surface area contributed by atoms with Gasteiger partial charge in [0.25, 0.3) is 5.89 Å². The number of carbonyl (C=O) groups is 1. The summed E-state index contributed by atoms with van der Waals surface area (Å²) in [5.74, 6) is 1.52. The molecular weight excluding hydrogens is 472 g/mol. The quantitative estimate of drug-likeness (QED) is 0.348.